The van der Waals surface area contributed by atoms with Gasteiger partial charge in [-0.3, -0.25) is 4.90 Å². The van der Waals surface area contributed by atoms with E-state index >= 15 is 4.39 Å². The molecule has 0 aromatic heterocycles. The third-order valence-electron chi connectivity index (χ3n) is 7.58. The standard InChI is InChI=1S/C31H35FN2O3/c1-22-27(30(35)37-24-14-8-5-9-15-24)29(36-20-23-12-6-4-7-13-23)26-19-34(18-25(26)28(22)32)31(2,3)21-33-16-10-11-17-33/h4-9,12-15H,10-11,16-21H2,1-3H3. The molecule has 0 unspecified atom stereocenters. The topological polar surface area (TPSA) is 42.0 Å². The molecule has 37 heavy (non-hydrogen) atoms. The molecule has 0 N–H and O–H groups in total. The molecule has 3 aromatic rings. The monoisotopic (exact) mass is 502 g/mol. The van der Waals surface area contributed by atoms with Gasteiger partial charge >= 0.3 is 5.97 Å². The van der Waals surface area contributed by atoms with E-state index in [-0.39, 0.29) is 29.1 Å². The molecule has 0 saturated carbocycles. The average molecular weight is 503 g/mol. The van der Waals surface area contributed by atoms with Crippen molar-refractivity contribution in [1.82, 2.24) is 9.80 Å². The van der Waals surface area contributed by atoms with Gasteiger partial charge in [-0.15, -0.1) is 0 Å². The molecule has 0 spiro atoms. The second kappa shape index (κ2) is 10.6. The normalized spacial score (nSPS) is 16.1. The first-order valence-electron chi connectivity index (χ1n) is 13.1. The quantitative estimate of drug-likeness (QED) is 0.274. The summed E-state index contributed by atoms with van der Waals surface area (Å²) in [5.41, 5.74) is 2.60. The fourth-order valence-corrected chi connectivity index (χ4v) is 5.49. The van der Waals surface area contributed by atoms with Crippen LogP contribution in [-0.2, 0) is 19.7 Å². The Labute approximate surface area is 218 Å². The summed E-state index contributed by atoms with van der Waals surface area (Å²) in [6, 6.07) is 18.7. The molecule has 194 valence electrons. The molecule has 0 radical (unpaired) electrons. The Hall–Kier alpha value is -3.22. The first kappa shape index (κ1) is 25.4. The van der Waals surface area contributed by atoms with E-state index in [1.54, 1.807) is 31.2 Å². The van der Waals surface area contributed by atoms with Crippen LogP contribution in [0.15, 0.2) is 60.7 Å². The molecule has 0 atom stereocenters. The van der Waals surface area contributed by atoms with E-state index in [0.29, 0.717) is 30.2 Å². The van der Waals surface area contributed by atoms with Crippen molar-refractivity contribution in [2.75, 3.05) is 19.6 Å². The Morgan fingerprint density at radius 2 is 1.57 bits per heavy atom. The number of likely N-dealkylation sites (tertiary alicyclic amines) is 1. The number of para-hydroxylation sites is 1. The predicted molar refractivity (Wildman–Crippen MR) is 142 cm³/mol. The molecule has 1 saturated heterocycles. The molecule has 0 bridgehead atoms. The highest BCUT2D eigenvalue weighted by Crippen LogP contribution is 2.42. The van der Waals surface area contributed by atoms with Gasteiger partial charge in [-0.25, -0.2) is 9.18 Å². The molecule has 5 rings (SSSR count). The van der Waals surface area contributed by atoms with Crippen LogP contribution in [0.3, 0.4) is 0 Å². The van der Waals surface area contributed by atoms with Crippen molar-refractivity contribution in [2.24, 2.45) is 0 Å². The van der Waals surface area contributed by atoms with Crippen molar-refractivity contribution in [3.05, 3.63) is 94.3 Å². The maximum Gasteiger partial charge on any atom is 0.347 e. The number of benzene rings is 3. The van der Waals surface area contributed by atoms with Crippen molar-refractivity contribution in [3.63, 3.8) is 0 Å². The molecule has 2 aliphatic heterocycles. The lowest BCUT2D eigenvalue weighted by atomic mass is 9.98. The molecule has 0 aliphatic carbocycles. The van der Waals surface area contributed by atoms with Crippen LogP contribution < -0.4 is 9.47 Å². The number of nitrogens with zero attached hydrogens (tertiary/aromatic N) is 2. The Kier molecular flexibility index (Phi) is 7.31. The number of esters is 1. The third kappa shape index (κ3) is 5.41. The maximum atomic E-state index is 15.9. The van der Waals surface area contributed by atoms with Crippen molar-refractivity contribution < 1.29 is 18.7 Å². The summed E-state index contributed by atoms with van der Waals surface area (Å²) in [7, 11) is 0. The largest absolute Gasteiger partial charge is 0.488 e. The Morgan fingerprint density at radius 3 is 2.24 bits per heavy atom. The van der Waals surface area contributed by atoms with Crippen molar-refractivity contribution in [3.8, 4) is 11.5 Å². The molecule has 6 heteroatoms. The van der Waals surface area contributed by atoms with Gasteiger partial charge in [-0.2, -0.15) is 0 Å². The molecule has 2 aliphatic rings. The second-order valence-electron chi connectivity index (χ2n) is 10.7. The van der Waals surface area contributed by atoms with Gasteiger partial charge in [0.05, 0.1) is 0 Å². The summed E-state index contributed by atoms with van der Waals surface area (Å²) in [5.74, 6) is -0.113. The zero-order valence-corrected chi connectivity index (χ0v) is 21.9. The van der Waals surface area contributed by atoms with Gasteiger partial charge < -0.3 is 14.4 Å². The third-order valence-corrected chi connectivity index (χ3v) is 7.58. The number of carbonyl (C=O) groups excluding carboxylic acids is 1. The highest BCUT2D eigenvalue weighted by molar-refractivity contribution is 5.96. The fraction of sp³-hybridized carbons (Fsp3) is 0.387. The van der Waals surface area contributed by atoms with Crippen LogP contribution in [0.5, 0.6) is 11.5 Å². The fourth-order valence-electron chi connectivity index (χ4n) is 5.49. The number of hydrogen-bond acceptors (Lipinski definition) is 5. The minimum atomic E-state index is -0.608. The van der Waals surface area contributed by atoms with Gasteiger partial charge in [0.1, 0.15) is 29.5 Å². The number of carbonyl (C=O) groups is 1. The van der Waals surface area contributed by atoms with Crippen LogP contribution in [-0.4, -0.2) is 40.9 Å². The highest BCUT2D eigenvalue weighted by atomic mass is 19.1. The number of halogens is 1. The van der Waals surface area contributed by atoms with Crippen molar-refractivity contribution >= 4 is 5.97 Å². The van der Waals surface area contributed by atoms with E-state index in [0.717, 1.165) is 30.8 Å². The molecular weight excluding hydrogens is 467 g/mol. The highest BCUT2D eigenvalue weighted by Gasteiger charge is 2.39. The zero-order chi connectivity index (χ0) is 26.0. The molecule has 1 fully saturated rings. The van der Waals surface area contributed by atoms with Crippen LogP contribution in [0, 0.1) is 12.7 Å². The van der Waals surface area contributed by atoms with E-state index in [2.05, 4.69) is 23.6 Å². The first-order chi connectivity index (χ1) is 17.8. The molecular formula is C31H35FN2O3. The summed E-state index contributed by atoms with van der Waals surface area (Å²) in [6.45, 7) is 10.5. The summed E-state index contributed by atoms with van der Waals surface area (Å²) < 4.78 is 27.9. The lowest BCUT2D eigenvalue weighted by Crippen LogP contribution is -2.48. The number of rotatable bonds is 8. The van der Waals surface area contributed by atoms with E-state index in [9.17, 15) is 4.79 Å². The number of ether oxygens (including phenoxy) is 2. The smallest absolute Gasteiger partial charge is 0.347 e. The van der Waals surface area contributed by atoms with E-state index in [1.165, 1.54) is 12.8 Å². The summed E-state index contributed by atoms with van der Waals surface area (Å²) in [5, 5.41) is 0. The van der Waals surface area contributed by atoms with Gasteiger partial charge in [0, 0.05) is 41.9 Å². The number of hydrogen-bond donors (Lipinski definition) is 0. The second-order valence-corrected chi connectivity index (χ2v) is 10.7. The van der Waals surface area contributed by atoms with Gasteiger partial charge in [-0.05, 0) is 64.4 Å². The summed E-state index contributed by atoms with van der Waals surface area (Å²) in [4.78, 5) is 18.2. The van der Waals surface area contributed by atoms with Crippen LogP contribution >= 0.6 is 0 Å². The molecule has 3 aromatic carbocycles. The SMILES string of the molecule is Cc1c(F)c2c(c(OCc3ccccc3)c1C(=O)Oc1ccccc1)CN(C(C)(C)CN1CCCC1)C2. The summed E-state index contributed by atoms with van der Waals surface area (Å²) in [6.07, 6.45) is 2.46. The average Bonchev–Trinajstić information content (AvgIpc) is 3.57. The van der Waals surface area contributed by atoms with Crippen LogP contribution in [0.1, 0.15) is 59.3 Å². The minimum absolute atomic E-state index is 0.162. The Morgan fingerprint density at radius 1 is 0.946 bits per heavy atom. The summed E-state index contributed by atoms with van der Waals surface area (Å²) >= 11 is 0. The van der Waals surface area contributed by atoms with E-state index in [1.807, 2.05) is 36.4 Å². The number of fused-ring (bicyclic) bond motifs is 1. The van der Waals surface area contributed by atoms with Gasteiger partial charge in [0.2, 0.25) is 0 Å². The van der Waals surface area contributed by atoms with E-state index < -0.39 is 5.97 Å². The zero-order valence-electron chi connectivity index (χ0n) is 21.9. The first-order valence-corrected chi connectivity index (χ1v) is 13.1. The maximum absolute atomic E-state index is 15.9. The van der Waals surface area contributed by atoms with Gasteiger partial charge in [0.25, 0.3) is 0 Å². The minimum Gasteiger partial charge on any atom is -0.488 e. The van der Waals surface area contributed by atoms with Gasteiger partial charge in [0.15, 0.2) is 0 Å². The van der Waals surface area contributed by atoms with E-state index in [4.69, 9.17) is 9.47 Å². The van der Waals surface area contributed by atoms with Crippen molar-refractivity contribution in [1.29, 1.82) is 0 Å². The molecule has 2 heterocycles. The predicted octanol–water partition coefficient (Wildman–Crippen LogP) is 6.12. The lowest BCUT2D eigenvalue weighted by Gasteiger charge is -2.38. The molecule has 0 amide bonds. The van der Waals surface area contributed by atoms with Crippen molar-refractivity contribution in [2.45, 2.75) is 58.8 Å². The Balaban J connectivity index is 1.50. The van der Waals surface area contributed by atoms with Gasteiger partial charge in [-0.1, -0.05) is 48.5 Å². The van der Waals surface area contributed by atoms with Crippen LogP contribution in [0.4, 0.5) is 4.39 Å². The van der Waals surface area contributed by atoms with Crippen LogP contribution in [0.25, 0.3) is 0 Å². The Bertz CT molecular complexity index is 1250. The molecule has 5 nitrogen and oxygen atoms in total. The lowest BCUT2D eigenvalue weighted by molar-refractivity contribution is 0.0727. The van der Waals surface area contributed by atoms with Crippen LogP contribution in [0.2, 0.25) is 0 Å².